The summed E-state index contributed by atoms with van der Waals surface area (Å²) in [7, 11) is 0. The Kier molecular flexibility index (Phi) is 5.99. The fourth-order valence-electron chi connectivity index (χ4n) is 3.33. The van der Waals surface area contributed by atoms with Crippen molar-refractivity contribution in [2.75, 3.05) is 0 Å². The molecule has 152 valence electrons. The number of aromatic nitrogens is 1. The van der Waals surface area contributed by atoms with Crippen LogP contribution in [0.15, 0.2) is 59.5 Å². The molecule has 1 amide bonds. The Hall–Kier alpha value is -2.54. The molecule has 30 heavy (non-hydrogen) atoms. The minimum Gasteiger partial charge on any atom is -0.489 e. The van der Waals surface area contributed by atoms with Gasteiger partial charge in [0.1, 0.15) is 16.7 Å². The van der Waals surface area contributed by atoms with Gasteiger partial charge in [-0.1, -0.05) is 47.7 Å². The third-order valence-electron chi connectivity index (χ3n) is 4.81. The summed E-state index contributed by atoms with van der Waals surface area (Å²) in [6.07, 6.45) is 1.89. The number of thiocarbonyl (C=S) groups is 1. The minimum atomic E-state index is -0.142. The topological polar surface area (TPSA) is 43.3 Å². The van der Waals surface area contributed by atoms with E-state index in [1.165, 1.54) is 11.8 Å². The number of carbonyl (C=O) groups excluding carboxylic acids is 1. The molecule has 0 bridgehead atoms. The number of halogens is 1. The normalized spacial score (nSPS) is 15.0. The number of thioether (sulfide) groups is 1. The summed E-state index contributed by atoms with van der Waals surface area (Å²) in [5.41, 5.74) is 5.23. The van der Waals surface area contributed by atoms with Gasteiger partial charge < -0.3 is 14.6 Å². The van der Waals surface area contributed by atoms with Gasteiger partial charge in [0.05, 0.1) is 4.91 Å². The van der Waals surface area contributed by atoms with E-state index < -0.39 is 0 Å². The number of aryl methyl sites for hydroxylation is 1. The summed E-state index contributed by atoms with van der Waals surface area (Å²) in [4.78, 5) is 12.6. The van der Waals surface area contributed by atoms with Crippen LogP contribution in [0.1, 0.15) is 22.5 Å². The molecule has 0 unspecified atom stereocenters. The molecule has 1 N–H and O–H groups in total. The Morgan fingerprint density at radius 1 is 1.13 bits per heavy atom. The lowest BCUT2D eigenvalue weighted by molar-refractivity contribution is -0.115. The molecule has 1 aliphatic rings. The maximum Gasteiger partial charge on any atom is 0.263 e. The van der Waals surface area contributed by atoms with E-state index in [2.05, 4.69) is 16.0 Å². The van der Waals surface area contributed by atoms with E-state index >= 15 is 0 Å². The van der Waals surface area contributed by atoms with Crippen molar-refractivity contribution in [3.05, 3.63) is 87.0 Å². The molecule has 1 aliphatic heterocycles. The van der Waals surface area contributed by atoms with Crippen molar-refractivity contribution in [1.82, 2.24) is 9.88 Å². The summed E-state index contributed by atoms with van der Waals surface area (Å²) >= 11 is 12.3. The highest BCUT2D eigenvalue weighted by molar-refractivity contribution is 8.26. The first kappa shape index (κ1) is 20.7. The first-order valence-corrected chi connectivity index (χ1v) is 10.9. The summed E-state index contributed by atoms with van der Waals surface area (Å²) in [5, 5.41) is 3.37. The van der Waals surface area contributed by atoms with Crippen molar-refractivity contribution >= 4 is 51.9 Å². The van der Waals surface area contributed by atoms with Crippen molar-refractivity contribution in [3.63, 3.8) is 0 Å². The average Bonchev–Trinajstić information content (AvgIpc) is 3.19. The molecule has 1 aromatic heterocycles. The summed E-state index contributed by atoms with van der Waals surface area (Å²) in [6.45, 7) is 4.57. The van der Waals surface area contributed by atoms with E-state index in [-0.39, 0.29) is 5.91 Å². The fourth-order valence-corrected chi connectivity index (χ4v) is 4.49. The highest BCUT2D eigenvalue weighted by Crippen LogP contribution is 2.29. The van der Waals surface area contributed by atoms with Crippen molar-refractivity contribution in [3.8, 4) is 11.4 Å². The van der Waals surface area contributed by atoms with Crippen LogP contribution in [0, 0.1) is 13.8 Å². The maximum atomic E-state index is 12.0. The lowest BCUT2D eigenvalue weighted by Gasteiger charge is -2.11. The molecule has 4 rings (SSSR count). The van der Waals surface area contributed by atoms with Gasteiger partial charge in [-0.25, -0.2) is 0 Å². The predicted octanol–water partition coefficient (Wildman–Crippen LogP) is 5.82. The molecular formula is C23H19ClN2O2S2. The van der Waals surface area contributed by atoms with Gasteiger partial charge in [0.15, 0.2) is 0 Å². The number of amides is 1. The van der Waals surface area contributed by atoms with Gasteiger partial charge in [0.25, 0.3) is 5.91 Å². The smallest absolute Gasteiger partial charge is 0.263 e. The van der Waals surface area contributed by atoms with Crippen molar-refractivity contribution in [2.45, 2.75) is 20.5 Å². The van der Waals surface area contributed by atoms with Crippen LogP contribution in [-0.2, 0) is 11.4 Å². The molecule has 0 saturated carbocycles. The van der Waals surface area contributed by atoms with Gasteiger partial charge in [-0.05, 0) is 73.5 Å². The van der Waals surface area contributed by atoms with Crippen LogP contribution in [-0.4, -0.2) is 14.8 Å². The minimum absolute atomic E-state index is 0.142. The van der Waals surface area contributed by atoms with Gasteiger partial charge in [-0.2, -0.15) is 0 Å². The van der Waals surface area contributed by atoms with Crippen LogP contribution in [0.3, 0.4) is 0 Å². The number of ether oxygens (including phenoxy) is 1. The first-order valence-electron chi connectivity index (χ1n) is 9.32. The lowest BCUT2D eigenvalue weighted by Crippen LogP contribution is -2.17. The average molecular weight is 455 g/mol. The van der Waals surface area contributed by atoms with Crippen LogP contribution < -0.4 is 10.1 Å². The second kappa shape index (κ2) is 8.68. The highest BCUT2D eigenvalue weighted by Gasteiger charge is 2.23. The summed E-state index contributed by atoms with van der Waals surface area (Å²) in [6, 6.07) is 17.7. The standard InChI is InChI=1S/C23H19ClN2O2S2/c1-14-11-17(12-21-22(27)25-23(29)30-21)15(2)26(14)19-7-9-20(10-8-19)28-13-16-3-5-18(24)6-4-16/h3-12H,13H2,1-2H3,(H,25,27,29)/b21-12-. The monoisotopic (exact) mass is 454 g/mol. The second-order valence-electron chi connectivity index (χ2n) is 6.92. The quantitative estimate of drug-likeness (QED) is 0.390. The van der Waals surface area contributed by atoms with Crippen molar-refractivity contribution < 1.29 is 9.53 Å². The molecule has 1 fully saturated rings. The lowest BCUT2D eigenvalue weighted by atomic mass is 10.2. The van der Waals surface area contributed by atoms with E-state index in [1.54, 1.807) is 0 Å². The van der Waals surface area contributed by atoms with Gasteiger partial charge in [0, 0.05) is 22.1 Å². The predicted molar refractivity (Wildman–Crippen MR) is 127 cm³/mol. The van der Waals surface area contributed by atoms with Crippen LogP contribution in [0.4, 0.5) is 0 Å². The van der Waals surface area contributed by atoms with Crippen LogP contribution in [0.2, 0.25) is 5.02 Å². The third-order valence-corrected chi connectivity index (χ3v) is 6.23. The number of hydrogen-bond donors (Lipinski definition) is 1. The molecule has 0 aliphatic carbocycles. The Morgan fingerprint density at radius 3 is 2.47 bits per heavy atom. The molecule has 1 saturated heterocycles. The number of carbonyl (C=O) groups is 1. The largest absolute Gasteiger partial charge is 0.489 e. The fraction of sp³-hybridized carbons (Fsp3) is 0.130. The van der Waals surface area contributed by atoms with Crippen LogP contribution in [0.25, 0.3) is 11.8 Å². The number of benzene rings is 2. The Balaban J connectivity index is 1.52. The van der Waals surface area contributed by atoms with E-state index in [0.29, 0.717) is 20.9 Å². The molecule has 0 atom stereocenters. The molecule has 2 aromatic carbocycles. The maximum absolute atomic E-state index is 12.0. The molecular weight excluding hydrogens is 436 g/mol. The number of hydrogen-bond acceptors (Lipinski definition) is 4. The van der Waals surface area contributed by atoms with Gasteiger partial charge in [-0.3, -0.25) is 4.79 Å². The molecule has 4 nitrogen and oxygen atoms in total. The second-order valence-corrected chi connectivity index (χ2v) is 9.08. The Morgan fingerprint density at radius 2 is 1.83 bits per heavy atom. The zero-order valence-electron chi connectivity index (χ0n) is 16.4. The van der Waals surface area contributed by atoms with Crippen molar-refractivity contribution in [1.29, 1.82) is 0 Å². The number of rotatable bonds is 5. The SMILES string of the molecule is Cc1cc(/C=C2\SC(=S)NC2=O)c(C)n1-c1ccc(OCc2ccc(Cl)cc2)cc1. The zero-order valence-corrected chi connectivity index (χ0v) is 18.8. The Labute approximate surface area is 189 Å². The third kappa shape index (κ3) is 4.46. The first-order chi connectivity index (χ1) is 14.4. The van der Waals surface area contributed by atoms with Crippen LogP contribution in [0.5, 0.6) is 5.75 Å². The zero-order chi connectivity index (χ0) is 21.3. The Bertz CT molecular complexity index is 1150. The van der Waals surface area contributed by atoms with Crippen molar-refractivity contribution in [2.24, 2.45) is 0 Å². The highest BCUT2D eigenvalue weighted by atomic mass is 35.5. The van der Waals surface area contributed by atoms with E-state index in [9.17, 15) is 4.79 Å². The van der Waals surface area contributed by atoms with Gasteiger partial charge in [0.2, 0.25) is 0 Å². The summed E-state index contributed by atoms with van der Waals surface area (Å²) in [5.74, 6) is 0.656. The molecule has 3 aromatic rings. The van der Waals surface area contributed by atoms with Gasteiger partial charge >= 0.3 is 0 Å². The van der Waals surface area contributed by atoms with Crippen LogP contribution >= 0.6 is 35.6 Å². The molecule has 2 heterocycles. The van der Waals surface area contributed by atoms with E-state index in [1.807, 2.05) is 68.5 Å². The molecule has 0 radical (unpaired) electrons. The summed E-state index contributed by atoms with van der Waals surface area (Å²) < 4.78 is 8.53. The van der Waals surface area contributed by atoms with Gasteiger partial charge in [-0.15, -0.1) is 0 Å². The van der Waals surface area contributed by atoms with E-state index in [4.69, 9.17) is 28.6 Å². The molecule has 7 heteroatoms. The van der Waals surface area contributed by atoms with E-state index in [0.717, 1.165) is 34.0 Å². The number of nitrogens with zero attached hydrogens (tertiary/aromatic N) is 1. The molecule has 0 spiro atoms. The number of nitrogens with one attached hydrogen (secondary N) is 1.